The molecule has 0 unspecified atom stereocenters. The molecule has 0 heterocycles. The maximum Gasteiger partial charge on any atom is 0.166 e. The van der Waals surface area contributed by atoms with Crippen LogP contribution < -0.4 is 0 Å². The molecule has 0 aliphatic rings. The minimum absolute atomic E-state index is 0.0559. The van der Waals surface area contributed by atoms with Crippen LogP contribution in [0.4, 0.5) is 0 Å². The molecule has 0 saturated carbocycles. The molecule has 0 N–H and O–H groups in total. The maximum absolute atomic E-state index is 13.1. The number of carbonyl (C=O) groups is 1. The van der Waals surface area contributed by atoms with Crippen molar-refractivity contribution in [3.05, 3.63) is 107 Å². The molecule has 0 atom stereocenters. The zero-order chi connectivity index (χ0) is 17.5. The Morgan fingerprint density at radius 3 is 1.60 bits per heavy atom. The summed E-state index contributed by atoms with van der Waals surface area (Å²) >= 11 is 3.45. The third kappa shape index (κ3) is 4.90. The monoisotopic (exact) mass is 392 g/mol. The number of carbonyl (C=O) groups excluding carboxylic acids is 1. The highest BCUT2D eigenvalue weighted by molar-refractivity contribution is 9.08. The molecule has 0 bridgehead atoms. The molecule has 0 aliphatic carbocycles. The average molecular weight is 393 g/mol. The zero-order valence-electron chi connectivity index (χ0n) is 14.1. The molecule has 3 aromatic carbocycles. The Bertz CT molecular complexity index is 753. The molecule has 3 rings (SSSR count). The smallest absolute Gasteiger partial charge is 0.166 e. The van der Waals surface area contributed by atoms with Crippen molar-refractivity contribution in [2.45, 2.75) is 18.2 Å². The minimum atomic E-state index is -0.0559. The van der Waals surface area contributed by atoms with Gasteiger partial charge in [0.15, 0.2) is 5.78 Å². The van der Waals surface area contributed by atoms with Crippen LogP contribution in [-0.2, 0) is 18.2 Å². The van der Waals surface area contributed by atoms with Gasteiger partial charge in [0.2, 0.25) is 0 Å². The van der Waals surface area contributed by atoms with E-state index in [9.17, 15) is 4.79 Å². The van der Waals surface area contributed by atoms with E-state index in [-0.39, 0.29) is 11.7 Å². The van der Waals surface area contributed by atoms with Gasteiger partial charge in [-0.15, -0.1) is 0 Å². The summed E-state index contributed by atoms with van der Waals surface area (Å²) in [5.41, 5.74) is 4.38. The highest BCUT2D eigenvalue weighted by Crippen LogP contribution is 2.20. The first kappa shape index (κ1) is 17.6. The summed E-state index contributed by atoms with van der Waals surface area (Å²) < 4.78 is 0. The highest BCUT2D eigenvalue weighted by Gasteiger charge is 2.21. The number of halogens is 1. The van der Waals surface area contributed by atoms with E-state index in [1.807, 2.05) is 60.7 Å². The normalized spacial score (nSPS) is 10.8. The predicted molar refractivity (Wildman–Crippen MR) is 107 cm³/mol. The largest absolute Gasteiger partial charge is 0.294 e. The lowest BCUT2D eigenvalue weighted by Gasteiger charge is -2.17. The van der Waals surface area contributed by atoms with Crippen molar-refractivity contribution >= 4 is 21.7 Å². The van der Waals surface area contributed by atoms with Gasteiger partial charge in [-0.3, -0.25) is 4.79 Å². The van der Waals surface area contributed by atoms with E-state index in [2.05, 4.69) is 40.2 Å². The van der Waals surface area contributed by atoms with Gasteiger partial charge < -0.3 is 0 Å². The number of hydrogen-bond donors (Lipinski definition) is 0. The molecule has 3 aromatic rings. The Kier molecular flexibility index (Phi) is 6.19. The molecular weight excluding hydrogens is 372 g/mol. The van der Waals surface area contributed by atoms with Crippen molar-refractivity contribution < 1.29 is 4.79 Å². The second kappa shape index (κ2) is 8.77. The van der Waals surface area contributed by atoms with Gasteiger partial charge >= 0.3 is 0 Å². The summed E-state index contributed by atoms with van der Waals surface area (Å²) in [6.07, 6.45) is 1.52. The van der Waals surface area contributed by atoms with Gasteiger partial charge in [0.1, 0.15) is 0 Å². The summed E-state index contributed by atoms with van der Waals surface area (Å²) in [5, 5.41) is 0.804. The Hall–Kier alpha value is -2.19. The van der Waals surface area contributed by atoms with Crippen molar-refractivity contribution in [3.63, 3.8) is 0 Å². The van der Waals surface area contributed by atoms with Gasteiger partial charge in [-0.05, 0) is 29.5 Å². The van der Waals surface area contributed by atoms with Crippen LogP contribution in [0.15, 0.2) is 84.9 Å². The molecule has 0 aromatic heterocycles. The third-order valence-electron chi connectivity index (χ3n) is 4.41. The topological polar surface area (TPSA) is 17.1 Å². The first-order valence-electron chi connectivity index (χ1n) is 8.53. The van der Waals surface area contributed by atoms with Crippen LogP contribution in [0.2, 0.25) is 0 Å². The van der Waals surface area contributed by atoms with Crippen molar-refractivity contribution in [2.75, 3.05) is 0 Å². The fourth-order valence-corrected chi connectivity index (χ4v) is 3.42. The average Bonchev–Trinajstić information content (AvgIpc) is 2.68. The van der Waals surface area contributed by atoms with Crippen LogP contribution >= 0.6 is 15.9 Å². The molecule has 2 heteroatoms. The standard InChI is InChI=1S/C23H21BrO/c24-17-20-11-13-21(14-12-20)23(25)22(15-18-7-3-1-4-8-18)16-19-9-5-2-6-10-19/h1-14,22H,15-17H2. The number of ketones is 1. The minimum Gasteiger partial charge on any atom is -0.294 e. The van der Waals surface area contributed by atoms with Crippen molar-refractivity contribution in [1.29, 1.82) is 0 Å². The van der Waals surface area contributed by atoms with Gasteiger partial charge in [-0.25, -0.2) is 0 Å². The second-order valence-corrected chi connectivity index (χ2v) is 6.83. The summed E-state index contributed by atoms with van der Waals surface area (Å²) in [6.45, 7) is 0. The van der Waals surface area contributed by atoms with E-state index >= 15 is 0 Å². The van der Waals surface area contributed by atoms with Crippen molar-refractivity contribution in [3.8, 4) is 0 Å². The predicted octanol–water partition coefficient (Wildman–Crippen LogP) is 5.87. The molecule has 0 aliphatic heterocycles. The van der Waals surface area contributed by atoms with Crippen LogP contribution in [0.1, 0.15) is 27.0 Å². The molecule has 126 valence electrons. The zero-order valence-corrected chi connectivity index (χ0v) is 15.7. The van der Waals surface area contributed by atoms with E-state index in [1.165, 1.54) is 16.7 Å². The van der Waals surface area contributed by atoms with E-state index in [0.717, 1.165) is 23.7 Å². The summed E-state index contributed by atoms with van der Waals surface area (Å²) in [6, 6.07) is 28.5. The van der Waals surface area contributed by atoms with Crippen molar-refractivity contribution in [1.82, 2.24) is 0 Å². The van der Waals surface area contributed by atoms with Crippen molar-refractivity contribution in [2.24, 2.45) is 5.92 Å². The summed E-state index contributed by atoms with van der Waals surface area (Å²) in [5.74, 6) is 0.161. The lowest BCUT2D eigenvalue weighted by molar-refractivity contribution is 0.0918. The van der Waals surface area contributed by atoms with E-state index in [4.69, 9.17) is 0 Å². The van der Waals surface area contributed by atoms with Gasteiger partial charge in [-0.2, -0.15) is 0 Å². The molecule has 0 amide bonds. The first-order chi connectivity index (χ1) is 12.3. The van der Waals surface area contributed by atoms with Crippen LogP contribution in [-0.4, -0.2) is 5.78 Å². The van der Waals surface area contributed by atoms with Gasteiger partial charge in [0.05, 0.1) is 0 Å². The Morgan fingerprint density at radius 1 is 0.680 bits per heavy atom. The first-order valence-corrected chi connectivity index (χ1v) is 9.65. The Morgan fingerprint density at radius 2 is 1.16 bits per heavy atom. The van der Waals surface area contributed by atoms with Gasteiger partial charge in [0.25, 0.3) is 0 Å². The lowest BCUT2D eigenvalue weighted by Crippen LogP contribution is -2.20. The van der Waals surface area contributed by atoms with Crippen LogP contribution in [0.25, 0.3) is 0 Å². The molecule has 0 radical (unpaired) electrons. The fourth-order valence-electron chi connectivity index (χ4n) is 3.05. The molecule has 0 spiro atoms. The Labute approximate surface area is 157 Å². The number of rotatable bonds is 7. The number of Topliss-reactive ketones (excluding diaryl/α,β-unsaturated/α-hetero) is 1. The van der Waals surface area contributed by atoms with Crippen LogP contribution in [0.3, 0.4) is 0 Å². The molecule has 0 saturated heterocycles. The maximum atomic E-state index is 13.1. The molecular formula is C23H21BrO. The van der Waals surface area contributed by atoms with E-state index in [0.29, 0.717) is 0 Å². The fraction of sp³-hybridized carbons (Fsp3) is 0.174. The van der Waals surface area contributed by atoms with Gasteiger partial charge in [-0.1, -0.05) is 101 Å². The highest BCUT2D eigenvalue weighted by atomic mass is 79.9. The molecule has 0 fully saturated rings. The third-order valence-corrected chi connectivity index (χ3v) is 5.06. The molecule has 25 heavy (non-hydrogen) atoms. The number of alkyl halides is 1. The lowest BCUT2D eigenvalue weighted by atomic mass is 9.86. The summed E-state index contributed by atoms with van der Waals surface area (Å²) in [4.78, 5) is 13.1. The number of benzene rings is 3. The number of hydrogen-bond acceptors (Lipinski definition) is 1. The van der Waals surface area contributed by atoms with Gasteiger partial charge in [0, 0.05) is 16.8 Å². The molecule has 1 nitrogen and oxygen atoms in total. The Balaban J connectivity index is 1.84. The summed E-state index contributed by atoms with van der Waals surface area (Å²) in [7, 11) is 0. The van der Waals surface area contributed by atoms with Crippen LogP contribution in [0.5, 0.6) is 0 Å². The quantitative estimate of drug-likeness (QED) is 0.363. The van der Waals surface area contributed by atoms with E-state index < -0.39 is 0 Å². The second-order valence-electron chi connectivity index (χ2n) is 6.27. The van der Waals surface area contributed by atoms with Crippen LogP contribution in [0, 0.1) is 5.92 Å². The SMILES string of the molecule is O=C(c1ccc(CBr)cc1)C(Cc1ccccc1)Cc1ccccc1. The van der Waals surface area contributed by atoms with E-state index in [1.54, 1.807) is 0 Å².